The number of benzene rings is 2. The van der Waals surface area contributed by atoms with Gasteiger partial charge in [0.25, 0.3) is 0 Å². The lowest BCUT2D eigenvalue weighted by atomic mass is 10.2. The Morgan fingerprint density at radius 2 is 2.00 bits per heavy atom. The van der Waals surface area contributed by atoms with Crippen LogP contribution in [0.15, 0.2) is 48.7 Å². The fraction of sp³-hybridized carbons (Fsp3) is 0.0714. The number of hydrogen-bond donors (Lipinski definition) is 1. The van der Waals surface area contributed by atoms with Crippen LogP contribution in [0, 0.1) is 5.82 Å². The van der Waals surface area contributed by atoms with E-state index in [-0.39, 0.29) is 11.5 Å². The molecule has 18 heavy (non-hydrogen) atoms. The van der Waals surface area contributed by atoms with Crippen LogP contribution in [-0.2, 0) is 6.54 Å². The van der Waals surface area contributed by atoms with Crippen LogP contribution in [0.2, 0.25) is 0 Å². The first-order valence-corrected chi connectivity index (χ1v) is 5.68. The minimum absolute atomic E-state index is 0.170. The van der Waals surface area contributed by atoms with Crippen LogP contribution in [0.3, 0.4) is 0 Å². The molecule has 0 atom stereocenters. The van der Waals surface area contributed by atoms with Crippen molar-refractivity contribution < 1.29 is 4.39 Å². The van der Waals surface area contributed by atoms with E-state index in [0.29, 0.717) is 6.54 Å². The SMILES string of the molecule is Nc1ccc(Cn2ncc3ccccc32)cc1F. The normalized spacial score (nSPS) is 10.9. The number of nitrogens with two attached hydrogens (primary N) is 1. The van der Waals surface area contributed by atoms with E-state index in [2.05, 4.69) is 5.10 Å². The van der Waals surface area contributed by atoms with Gasteiger partial charge >= 0.3 is 0 Å². The number of aromatic nitrogens is 2. The summed E-state index contributed by atoms with van der Waals surface area (Å²) in [6.45, 7) is 0.532. The third-order valence-corrected chi connectivity index (χ3v) is 2.95. The van der Waals surface area contributed by atoms with Gasteiger partial charge in [0.15, 0.2) is 0 Å². The van der Waals surface area contributed by atoms with Gasteiger partial charge in [-0.1, -0.05) is 24.3 Å². The van der Waals surface area contributed by atoms with Crippen LogP contribution in [0.5, 0.6) is 0 Å². The molecule has 0 radical (unpaired) electrons. The second kappa shape index (κ2) is 4.14. The van der Waals surface area contributed by atoms with E-state index >= 15 is 0 Å². The molecular weight excluding hydrogens is 229 g/mol. The largest absolute Gasteiger partial charge is 0.396 e. The molecule has 3 rings (SSSR count). The molecule has 2 aromatic carbocycles. The number of fused-ring (bicyclic) bond motifs is 1. The predicted octanol–water partition coefficient (Wildman–Crippen LogP) is 2.81. The van der Waals surface area contributed by atoms with Crippen molar-refractivity contribution >= 4 is 16.6 Å². The van der Waals surface area contributed by atoms with Gasteiger partial charge in [0, 0.05) is 5.39 Å². The zero-order valence-corrected chi connectivity index (χ0v) is 9.68. The van der Waals surface area contributed by atoms with E-state index in [1.165, 1.54) is 6.07 Å². The molecule has 0 spiro atoms. The first-order chi connectivity index (χ1) is 8.74. The highest BCUT2D eigenvalue weighted by atomic mass is 19.1. The summed E-state index contributed by atoms with van der Waals surface area (Å²) < 4.78 is 15.2. The lowest BCUT2D eigenvalue weighted by Gasteiger charge is -2.05. The second-order valence-corrected chi connectivity index (χ2v) is 4.22. The number of anilines is 1. The zero-order chi connectivity index (χ0) is 12.5. The van der Waals surface area contributed by atoms with E-state index in [1.54, 1.807) is 6.07 Å². The van der Waals surface area contributed by atoms with Gasteiger partial charge in [0.1, 0.15) is 5.82 Å². The molecule has 0 aliphatic rings. The highest BCUT2D eigenvalue weighted by Gasteiger charge is 2.04. The molecule has 0 amide bonds. The van der Waals surface area contributed by atoms with E-state index in [1.807, 2.05) is 41.2 Å². The van der Waals surface area contributed by atoms with Crippen LogP contribution < -0.4 is 5.73 Å². The standard InChI is InChI=1S/C14H12FN3/c15-12-7-10(5-6-13(12)16)9-18-14-4-2-1-3-11(14)8-17-18/h1-8H,9,16H2. The summed E-state index contributed by atoms with van der Waals surface area (Å²) in [5.74, 6) is -0.385. The van der Waals surface area contributed by atoms with Crippen molar-refractivity contribution in [3.8, 4) is 0 Å². The van der Waals surface area contributed by atoms with Gasteiger partial charge in [-0.15, -0.1) is 0 Å². The first-order valence-electron chi connectivity index (χ1n) is 5.68. The molecule has 1 aromatic heterocycles. The van der Waals surface area contributed by atoms with Crippen molar-refractivity contribution in [3.05, 3.63) is 60.0 Å². The fourth-order valence-corrected chi connectivity index (χ4v) is 1.99. The molecule has 90 valence electrons. The minimum atomic E-state index is -0.385. The van der Waals surface area contributed by atoms with Crippen molar-refractivity contribution in [1.29, 1.82) is 0 Å². The molecule has 0 saturated carbocycles. The van der Waals surface area contributed by atoms with Crippen LogP contribution in [0.4, 0.5) is 10.1 Å². The topological polar surface area (TPSA) is 43.8 Å². The summed E-state index contributed by atoms with van der Waals surface area (Å²) in [5.41, 5.74) is 7.51. The van der Waals surface area contributed by atoms with Crippen LogP contribution in [0.25, 0.3) is 10.9 Å². The Bertz CT molecular complexity index is 703. The van der Waals surface area contributed by atoms with Gasteiger partial charge in [-0.2, -0.15) is 5.10 Å². The van der Waals surface area contributed by atoms with Gasteiger partial charge in [-0.3, -0.25) is 4.68 Å². The van der Waals surface area contributed by atoms with Crippen molar-refractivity contribution in [3.63, 3.8) is 0 Å². The Kier molecular flexibility index (Phi) is 2.48. The molecule has 0 fully saturated rings. The van der Waals surface area contributed by atoms with Crippen molar-refractivity contribution in [2.45, 2.75) is 6.54 Å². The predicted molar refractivity (Wildman–Crippen MR) is 69.6 cm³/mol. The summed E-state index contributed by atoms with van der Waals surface area (Å²) in [6.07, 6.45) is 1.81. The summed E-state index contributed by atoms with van der Waals surface area (Å²) in [7, 11) is 0. The van der Waals surface area contributed by atoms with E-state index in [0.717, 1.165) is 16.5 Å². The van der Waals surface area contributed by atoms with Gasteiger partial charge < -0.3 is 5.73 Å². The Hall–Kier alpha value is -2.36. The van der Waals surface area contributed by atoms with E-state index < -0.39 is 0 Å². The number of rotatable bonds is 2. The maximum atomic E-state index is 13.4. The molecule has 0 aliphatic carbocycles. The van der Waals surface area contributed by atoms with Crippen LogP contribution in [-0.4, -0.2) is 9.78 Å². The van der Waals surface area contributed by atoms with Crippen molar-refractivity contribution in [1.82, 2.24) is 9.78 Å². The van der Waals surface area contributed by atoms with Crippen molar-refractivity contribution in [2.75, 3.05) is 5.73 Å². The second-order valence-electron chi connectivity index (χ2n) is 4.22. The average Bonchev–Trinajstić information content (AvgIpc) is 2.78. The molecule has 0 saturated heterocycles. The molecule has 3 aromatic rings. The monoisotopic (exact) mass is 241 g/mol. The highest BCUT2D eigenvalue weighted by molar-refractivity contribution is 5.78. The number of nitrogen functional groups attached to an aromatic ring is 1. The molecular formula is C14H12FN3. The van der Waals surface area contributed by atoms with Gasteiger partial charge in [0.05, 0.1) is 23.9 Å². The smallest absolute Gasteiger partial charge is 0.146 e. The molecule has 2 N–H and O–H groups in total. The highest BCUT2D eigenvalue weighted by Crippen LogP contribution is 2.16. The van der Waals surface area contributed by atoms with Crippen LogP contribution >= 0.6 is 0 Å². The van der Waals surface area contributed by atoms with Crippen LogP contribution in [0.1, 0.15) is 5.56 Å². The zero-order valence-electron chi connectivity index (χ0n) is 9.68. The first kappa shape index (κ1) is 10.8. The number of nitrogens with zero attached hydrogens (tertiary/aromatic N) is 2. The van der Waals surface area contributed by atoms with E-state index in [9.17, 15) is 4.39 Å². The Morgan fingerprint density at radius 3 is 2.83 bits per heavy atom. The number of para-hydroxylation sites is 1. The average molecular weight is 241 g/mol. The van der Waals surface area contributed by atoms with Gasteiger partial charge in [-0.25, -0.2) is 4.39 Å². The van der Waals surface area contributed by atoms with Gasteiger partial charge in [0.2, 0.25) is 0 Å². The molecule has 0 unspecified atom stereocenters. The summed E-state index contributed by atoms with van der Waals surface area (Å²) >= 11 is 0. The number of hydrogen-bond acceptors (Lipinski definition) is 2. The van der Waals surface area contributed by atoms with Crippen molar-refractivity contribution in [2.24, 2.45) is 0 Å². The maximum absolute atomic E-state index is 13.4. The summed E-state index contributed by atoms with van der Waals surface area (Å²) in [4.78, 5) is 0. The Balaban J connectivity index is 1.98. The van der Waals surface area contributed by atoms with E-state index in [4.69, 9.17) is 5.73 Å². The minimum Gasteiger partial charge on any atom is -0.396 e. The third kappa shape index (κ3) is 1.82. The Labute approximate surface area is 104 Å². The molecule has 0 aliphatic heterocycles. The summed E-state index contributed by atoms with van der Waals surface area (Å²) in [5, 5.41) is 5.38. The fourth-order valence-electron chi connectivity index (χ4n) is 1.99. The molecule has 1 heterocycles. The maximum Gasteiger partial charge on any atom is 0.146 e. The van der Waals surface area contributed by atoms with Gasteiger partial charge in [-0.05, 0) is 23.8 Å². The summed E-state index contributed by atoms with van der Waals surface area (Å²) in [6, 6.07) is 12.8. The lowest BCUT2D eigenvalue weighted by Crippen LogP contribution is -2.02. The molecule has 0 bridgehead atoms. The number of halogens is 1. The lowest BCUT2D eigenvalue weighted by molar-refractivity contribution is 0.625. The molecule has 4 heteroatoms. The molecule has 3 nitrogen and oxygen atoms in total. The third-order valence-electron chi connectivity index (χ3n) is 2.95. The Morgan fingerprint density at radius 1 is 1.17 bits per heavy atom. The quantitative estimate of drug-likeness (QED) is 0.701.